The lowest BCUT2D eigenvalue weighted by molar-refractivity contribution is 0.132. The van der Waals surface area contributed by atoms with Gasteiger partial charge in [-0.15, -0.1) is 0 Å². The number of hydrogen-bond acceptors (Lipinski definition) is 2. The number of nitrogens with one attached hydrogen (secondary N) is 1. The second kappa shape index (κ2) is 9.37. The van der Waals surface area contributed by atoms with Gasteiger partial charge in [-0.1, -0.05) is 37.3 Å². The molecule has 0 aliphatic heterocycles. The van der Waals surface area contributed by atoms with E-state index in [0.717, 1.165) is 39.1 Å². The molecule has 0 aliphatic carbocycles. The molecule has 1 rings (SSSR count). The molecule has 0 spiro atoms. The van der Waals surface area contributed by atoms with Gasteiger partial charge >= 0.3 is 0 Å². The van der Waals surface area contributed by atoms with Crippen molar-refractivity contribution in [3.05, 3.63) is 35.9 Å². The van der Waals surface area contributed by atoms with E-state index >= 15 is 0 Å². The normalized spacial score (nSPS) is 10.6. The van der Waals surface area contributed by atoms with Crippen LogP contribution in [0.1, 0.15) is 25.3 Å². The Labute approximate surface area is 99.0 Å². The van der Waals surface area contributed by atoms with E-state index in [1.54, 1.807) is 0 Å². The molecule has 0 aliphatic rings. The summed E-state index contributed by atoms with van der Waals surface area (Å²) in [5, 5.41) is 3.24. The van der Waals surface area contributed by atoms with E-state index in [1.165, 1.54) is 12.0 Å². The fraction of sp³-hybridized carbons (Fsp3) is 0.571. The number of unbranched alkanes of at least 4 members (excludes halogenated alkanes) is 1. The first kappa shape index (κ1) is 13.2. The Kier molecular flexibility index (Phi) is 7.74. The lowest BCUT2D eigenvalue weighted by Crippen LogP contribution is -2.19. The highest BCUT2D eigenvalue weighted by molar-refractivity contribution is 5.14. The van der Waals surface area contributed by atoms with Gasteiger partial charge in [-0.3, -0.25) is 0 Å². The second-order valence-corrected chi connectivity index (χ2v) is 3.91. The molecule has 0 aromatic heterocycles. The number of ether oxygens (including phenoxy) is 1. The third-order valence-corrected chi connectivity index (χ3v) is 2.52. The van der Waals surface area contributed by atoms with E-state index in [9.17, 15) is 0 Å². The van der Waals surface area contributed by atoms with E-state index in [2.05, 4.69) is 42.6 Å². The highest BCUT2D eigenvalue weighted by Crippen LogP contribution is 2.04. The monoisotopic (exact) mass is 221 g/mol. The SMILES string of the molecule is CCNCCOCCCCc1ccccc1. The zero-order valence-corrected chi connectivity index (χ0v) is 10.2. The van der Waals surface area contributed by atoms with Gasteiger partial charge in [0.2, 0.25) is 0 Å². The minimum Gasteiger partial charge on any atom is -0.380 e. The van der Waals surface area contributed by atoms with E-state index in [1.807, 2.05) is 0 Å². The topological polar surface area (TPSA) is 21.3 Å². The number of benzene rings is 1. The van der Waals surface area contributed by atoms with E-state index in [0.29, 0.717) is 0 Å². The minimum atomic E-state index is 0.833. The number of aryl methyl sites for hydroxylation is 1. The fourth-order valence-electron chi connectivity index (χ4n) is 1.60. The van der Waals surface area contributed by atoms with Gasteiger partial charge < -0.3 is 10.1 Å². The molecule has 2 heteroatoms. The first-order valence-electron chi connectivity index (χ1n) is 6.26. The summed E-state index contributed by atoms with van der Waals surface area (Å²) in [7, 11) is 0. The summed E-state index contributed by atoms with van der Waals surface area (Å²) >= 11 is 0. The van der Waals surface area contributed by atoms with Crippen LogP contribution in [-0.2, 0) is 11.2 Å². The molecule has 0 radical (unpaired) electrons. The molecule has 16 heavy (non-hydrogen) atoms. The Morgan fingerprint density at radius 3 is 2.62 bits per heavy atom. The van der Waals surface area contributed by atoms with Gasteiger partial charge in [0, 0.05) is 13.2 Å². The van der Waals surface area contributed by atoms with Crippen LogP contribution in [0.3, 0.4) is 0 Å². The fourth-order valence-corrected chi connectivity index (χ4v) is 1.60. The molecule has 0 amide bonds. The van der Waals surface area contributed by atoms with Gasteiger partial charge in [-0.25, -0.2) is 0 Å². The first-order chi connectivity index (χ1) is 7.93. The Morgan fingerprint density at radius 2 is 1.88 bits per heavy atom. The molecule has 0 unspecified atom stereocenters. The molecule has 0 atom stereocenters. The van der Waals surface area contributed by atoms with Gasteiger partial charge in [0.25, 0.3) is 0 Å². The maximum absolute atomic E-state index is 5.51. The second-order valence-electron chi connectivity index (χ2n) is 3.91. The molecule has 0 saturated carbocycles. The van der Waals surface area contributed by atoms with Crippen molar-refractivity contribution in [1.29, 1.82) is 0 Å². The Hall–Kier alpha value is -0.860. The molecule has 1 aromatic carbocycles. The van der Waals surface area contributed by atoms with Crippen LogP contribution in [0.4, 0.5) is 0 Å². The van der Waals surface area contributed by atoms with Crippen LogP contribution in [0.15, 0.2) is 30.3 Å². The van der Waals surface area contributed by atoms with Crippen molar-refractivity contribution < 1.29 is 4.74 Å². The van der Waals surface area contributed by atoms with Crippen molar-refractivity contribution in [3.63, 3.8) is 0 Å². The van der Waals surface area contributed by atoms with Crippen LogP contribution in [0.2, 0.25) is 0 Å². The molecule has 1 N–H and O–H groups in total. The molecule has 0 bridgehead atoms. The molecule has 1 aromatic rings. The average molecular weight is 221 g/mol. The standard InChI is InChI=1S/C14H23NO/c1-2-15-11-13-16-12-7-6-10-14-8-4-3-5-9-14/h3-5,8-9,15H,2,6-7,10-13H2,1H3. The summed E-state index contributed by atoms with van der Waals surface area (Å²) in [5.74, 6) is 0. The zero-order chi connectivity index (χ0) is 11.5. The zero-order valence-electron chi connectivity index (χ0n) is 10.2. The van der Waals surface area contributed by atoms with Crippen molar-refractivity contribution in [3.8, 4) is 0 Å². The van der Waals surface area contributed by atoms with Crippen molar-refractivity contribution >= 4 is 0 Å². The van der Waals surface area contributed by atoms with Gasteiger partial charge in [-0.05, 0) is 31.4 Å². The van der Waals surface area contributed by atoms with E-state index in [-0.39, 0.29) is 0 Å². The number of rotatable bonds is 9. The third kappa shape index (κ3) is 6.59. The molecule has 0 heterocycles. The average Bonchev–Trinajstić information content (AvgIpc) is 2.34. The van der Waals surface area contributed by atoms with Gasteiger partial charge in [0.05, 0.1) is 6.61 Å². The van der Waals surface area contributed by atoms with Crippen molar-refractivity contribution in [2.24, 2.45) is 0 Å². The molecule has 0 saturated heterocycles. The van der Waals surface area contributed by atoms with Crippen LogP contribution < -0.4 is 5.32 Å². The molecule has 0 fully saturated rings. The lowest BCUT2D eigenvalue weighted by Gasteiger charge is -2.04. The highest BCUT2D eigenvalue weighted by atomic mass is 16.5. The molecular formula is C14H23NO. The van der Waals surface area contributed by atoms with Crippen molar-refractivity contribution in [1.82, 2.24) is 5.32 Å². The maximum Gasteiger partial charge on any atom is 0.0590 e. The van der Waals surface area contributed by atoms with Gasteiger partial charge in [-0.2, -0.15) is 0 Å². The summed E-state index contributed by atoms with van der Waals surface area (Å²) in [6.07, 6.45) is 3.53. The molecular weight excluding hydrogens is 198 g/mol. The van der Waals surface area contributed by atoms with E-state index in [4.69, 9.17) is 4.74 Å². The predicted octanol–water partition coefficient (Wildman–Crippen LogP) is 2.64. The first-order valence-corrected chi connectivity index (χ1v) is 6.26. The van der Waals surface area contributed by atoms with Crippen LogP contribution in [0, 0.1) is 0 Å². The number of hydrogen-bond donors (Lipinski definition) is 1. The van der Waals surface area contributed by atoms with Gasteiger partial charge in [0.15, 0.2) is 0 Å². The molecule has 2 nitrogen and oxygen atoms in total. The Morgan fingerprint density at radius 1 is 1.06 bits per heavy atom. The Bertz CT molecular complexity index is 248. The lowest BCUT2D eigenvalue weighted by atomic mass is 10.1. The van der Waals surface area contributed by atoms with Crippen molar-refractivity contribution in [2.75, 3.05) is 26.3 Å². The summed E-state index contributed by atoms with van der Waals surface area (Å²) in [6.45, 7) is 5.82. The van der Waals surface area contributed by atoms with Crippen LogP contribution >= 0.6 is 0 Å². The largest absolute Gasteiger partial charge is 0.380 e. The summed E-state index contributed by atoms with van der Waals surface area (Å²) < 4.78 is 5.51. The minimum absolute atomic E-state index is 0.833. The molecule has 90 valence electrons. The quantitative estimate of drug-likeness (QED) is 0.647. The summed E-state index contributed by atoms with van der Waals surface area (Å²) in [4.78, 5) is 0. The van der Waals surface area contributed by atoms with Crippen molar-refractivity contribution in [2.45, 2.75) is 26.2 Å². The smallest absolute Gasteiger partial charge is 0.0590 e. The van der Waals surface area contributed by atoms with Gasteiger partial charge in [0.1, 0.15) is 0 Å². The highest BCUT2D eigenvalue weighted by Gasteiger charge is 1.92. The van der Waals surface area contributed by atoms with Crippen LogP contribution in [0.25, 0.3) is 0 Å². The maximum atomic E-state index is 5.51. The predicted molar refractivity (Wildman–Crippen MR) is 68.7 cm³/mol. The number of likely N-dealkylation sites (N-methyl/N-ethyl adjacent to an activating group) is 1. The van der Waals surface area contributed by atoms with E-state index < -0.39 is 0 Å². The third-order valence-electron chi connectivity index (χ3n) is 2.52. The van der Waals surface area contributed by atoms with Crippen LogP contribution in [0.5, 0.6) is 0 Å². The summed E-state index contributed by atoms with van der Waals surface area (Å²) in [5.41, 5.74) is 1.43. The Balaban J connectivity index is 1.89. The van der Waals surface area contributed by atoms with Crippen LogP contribution in [-0.4, -0.2) is 26.3 Å². The summed E-state index contributed by atoms with van der Waals surface area (Å²) in [6, 6.07) is 10.6.